The lowest BCUT2D eigenvalue weighted by atomic mass is 10.3. The van der Waals surface area contributed by atoms with Crippen LogP contribution in [0.2, 0.25) is 10.0 Å². The van der Waals surface area contributed by atoms with Crippen LogP contribution in [0.3, 0.4) is 0 Å². The van der Waals surface area contributed by atoms with Crippen molar-refractivity contribution in [2.75, 3.05) is 5.73 Å². The average Bonchev–Trinajstić information content (AvgIpc) is 2.65. The number of nitrogens with two attached hydrogens (primary N) is 1. The Morgan fingerprint density at radius 1 is 1.37 bits per heavy atom. The molecule has 2 N–H and O–H groups in total. The minimum Gasteiger partial charge on any atom is -0.484 e. The van der Waals surface area contributed by atoms with Crippen molar-refractivity contribution < 1.29 is 4.74 Å². The standard InChI is InChI=1S/C13H15Cl2N3O/c1-3-18-11(12(15)8(2)17-18)7-19-13-9(14)5-4-6-10(13)16/h4-6H,3,7,16H2,1-2H3. The molecule has 1 heterocycles. The largest absolute Gasteiger partial charge is 0.484 e. The fraction of sp³-hybridized carbons (Fsp3) is 0.308. The monoisotopic (exact) mass is 299 g/mol. The molecule has 0 spiro atoms. The molecule has 4 nitrogen and oxygen atoms in total. The molecule has 0 atom stereocenters. The van der Waals surface area contributed by atoms with E-state index in [4.69, 9.17) is 33.7 Å². The molecule has 19 heavy (non-hydrogen) atoms. The highest BCUT2D eigenvalue weighted by molar-refractivity contribution is 6.32. The van der Waals surface area contributed by atoms with Gasteiger partial charge in [0.05, 0.1) is 27.1 Å². The van der Waals surface area contributed by atoms with E-state index in [9.17, 15) is 0 Å². The molecule has 0 saturated carbocycles. The quantitative estimate of drug-likeness (QED) is 0.876. The first kappa shape index (κ1) is 14.0. The van der Waals surface area contributed by atoms with Crippen LogP contribution in [-0.2, 0) is 13.2 Å². The molecule has 0 aliphatic heterocycles. The summed E-state index contributed by atoms with van der Waals surface area (Å²) in [7, 11) is 0. The first-order chi connectivity index (χ1) is 9.04. The fourth-order valence-electron chi connectivity index (χ4n) is 1.83. The number of anilines is 1. The lowest BCUT2D eigenvalue weighted by Gasteiger charge is -2.11. The van der Waals surface area contributed by atoms with Gasteiger partial charge in [-0.2, -0.15) is 5.10 Å². The molecule has 0 aliphatic carbocycles. The van der Waals surface area contributed by atoms with E-state index in [2.05, 4.69) is 5.10 Å². The van der Waals surface area contributed by atoms with Crippen LogP contribution in [-0.4, -0.2) is 9.78 Å². The van der Waals surface area contributed by atoms with E-state index < -0.39 is 0 Å². The third-order valence-electron chi connectivity index (χ3n) is 2.80. The Bertz CT molecular complexity index is 576. The van der Waals surface area contributed by atoms with Crippen LogP contribution < -0.4 is 10.5 Å². The van der Waals surface area contributed by atoms with Gasteiger partial charge in [0.25, 0.3) is 0 Å². The zero-order chi connectivity index (χ0) is 14.0. The van der Waals surface area contributed by atoms with Gasteiger partial charge in [-0.3, -0.25) is 4.68 Å². The summed E-state index contributed by atoms with van der Waals surface area (Å²) in [4.78, 5) is 0. The van der Waals surface area contributed by atoms with E-state index in [1.54, 1.807) is 18.2 Å². The summed E-state index contributed by atoms with van der Waals surface area (Å²) in [6.07, 6.45) is 0. The first-order valence-corrected chi connectivity index (χ1v) is 6.68. The van der Waals surface area contributed by atoms with Crippen molar-refractivity contribution in [3.05, 3.63) is 39.6 Å². The minimum atomic E-state index is 0.279. The van der Waals surface area contributed by atoms with Crippen molar-refractivity contribution in [2.24, 2.45) is 0 Å². The number of nitrogens with zero attached hydrogens (tertiary/aromatic N) is 2. The average molecular weight is 300 g/mol. The molecule has 6 heteroatoms. The van der Waals surface area contributed by atoms with Gasteiger partial charge in [0, 0.05) is 6.54 Å². The molecule has 0 fully saturated rings. The Labute approximate surface area is 122 Å². The minimum absolute atomic E-state index is 0.279. The highest BCUT2D eigenvalue weighted by Crippen LogP contribution is 2.32. The van der Waals surface area contributed by atoms with Crippen LogP contribution in [0.4, 0.5) is 5.69 Å². The second-order valence-corrected chi connectivity index (χ2v) is 4.89. The molecule has 2 aromatic rings. The van der Waals surface area contributed by atoms with Crippen molar-refractivity contribution in [1.29, 1.82) is 0 Å². The van der Waals surface area contributed by atoms with Gasteiger partial charge in [-0.15, -0.1) is 0 Å². The second-order valence-electron chi connectivity index (χ2n) is 4.11. The summed E-state index contributed by atoms with van der Waals surface area (Å²) in [5.41, 5.74) is 7.94. The molecule has 0 saturated heterocycles. The van der Waals surface area contributed by atoms with Gasteiger partial charge < -0.3 is 10.5 Å². The van der Waals surface area contributed by atoms with Gasteiger partial charge in [0.1, 0.15) is 6.61 Å². The highest BCUT2D eigenvalue weighted by atomic mass is 35.5. The third-order valence-corrected chi connectivity index (χ3v) is 3.59. The first-order valence-electron chi connectivity index (χ1n) is 5.93. The number of aromatic nitrogens is 2. The van der Waals surface area contributed by atoms with Crippen molar-refractivity contribution >= 4 is 28.9 Å². The molecule has 102 valence electrons. The summed E-state index contributed by atoms with van der Waals surface area (Å²) in [6.45, 7) is 4.86. The maximum atomic E-state index is 6.21. The van der Waals surface area contributed by atoms with Crippen LogP contribution in [0.25, 0.3) is 0 Å². The van der Waals surface area contributed by atoms with Crippen molar-refractivity contribution in [3.63, 3.8) is 0 Å². The highest BCUT2D eigenvalue weighted by Gasteiger charge is 2.14. The van der Waals surface area contributed by atoms with E-state index in [-0.39, 0.29) is 6.61 Å². The molecule has 0 unspecified atom stereocenters. The van der Waals surface area contributed by atoms with Crippen LogP contribution in [0, 0.1) is 6.92 Å². The van der Waals surface area contributed by atoms with Gasteiger partial charge in [-0.05, 0) is 26.0 Å². The Kier molecular flexibility index (Phi) is 4.22. The SMILES string of the molecule is CCn1nc(C)c(Cl)c1COc1c(N)cccc1Cl. The number of ether oxygens (including phenoxy) is 1. The van der Waals surface area contributed by atoms with E-state index in [1.807, 2.05) is 18.5 Å². The van der Waals surface area contributed by atoms with E-state index in [0.29, 0.717) is 21.5 Å². The Hall–Kier alpha value is -1.39. The number of benzene rings is 1. The number of hydrogen-bond acceptors (Lipinski definition) is 3. The maximum absolute atomic E-state index is 6.21. The van der Waals surface area contributed by atoms with Crippen LogP contribution in [0.1, 0.15) is 18.3 Å². The number of para-hydroxylation sites is 1. The predicted octanol–water partition coefficient (Wildman–Crippen LogP) is 3.68. The topological polar surface area (TPSA) is 53.1 Å². The second kappa shape index (κ2) is 5.72. The summed E-state index contributed by atoms with van der Waals surface area (Å²) >= 11 is 12.3. The zero-order valence-electron chi connectivity index (χ0n) is 10.8. The Morgan fingerprint density at radius 3 is 2.74 bits per heavy atom. The summed E-state index contributed by atoms with van der Waals surface area (Å²) < 4.78 is 7.50. The molecule has 1 aromatic heterocycles. The van der Waals surface area contributed by atoms with Gasteiger partial charge in [0.15, 0.2) is 5.75 Å². The van der Waals surface area contributed by atoms with Gasteiger partial charge in [-0.1, -0.05) is 29.3 Å². The molecule has 0 radical (unpaired) electrons. The lowest BCUT2D eigenvalue weighted by Crippen LogP contribution is -2.07. The lowest BCUT2D eigenvalue weighted by molar-refractivity contribution is 0.294. The molecule has 2 rings (SSSR count). The molecule has 0 bridgehead atoms. The Balaban J connectivity index is 2.24. The number of aryl methyl sites for hydroxylation is 2. The van der Waals surface area contributed by atoms with Crippen LogP contribution in [0.15, 0.2) is 18.2 Å². The van der Waals surface area contributed by atoms with Crippen molar-refractivity contribution in [2.45, 2.75) is 27.0 Å². The fourth-order valence-corrected chi connectivity index (χ4v) is 2.25. The smallest absolute Gasteiger partial charge is 0.161 e. The molecular weight excluding hydrogens is 285 g/mol. The number of hydrogen-bond donors (Lipinski definition) is 1. The zero-order valence-corrected chi connectivity index (χ0v) is 12.3. The number of nitrogen functional groups attached to an aromatic ring is 1. The van der Waals surface area contributed by atoms with E-state index >= 15 is 0 Å². The molecule has 1 aromatic carbocycles. The third kappa shape index (κ3) is 2.80. The Morgan fingerprint density at radius 2 is 2.11 bits per heavy atom. The summed E-state index contributed by atoms with van der Waals surface area (Å²) in [5.74, 6) is 0.474. The van der Waals surface area contributed by atoms with E-state index in [0.717, 1.165) is 17.9 Å². The summed E-state index contributed by atoms with van der Waals surface area (Å²) in [6, 6.07) is 5.25. The maximum Gasteiger partial charge on any atom is 0.161 e. The van der Waals surface area contributed by atoms with Crippen LogP contribution >= 0.6 is 23.2 Å². The normalized spacial score (nSPS) is 10.7. The predicted molar refractivity (Wildman–Crippen MR) is 77.8 cm³/mol. The molecule has 0 aliphatic rings. The number of rotatable bonds is 4. The van der Waals surface area contributed by atoms with E-state index in [1.165, 1.54) is 0 Å². The summed E-state index contributed by atoms with van der Waals surface area (Å²) in [5, 5.41) is 5.43. The van der Waals surface area contributed by atoms with Crippen LogP contribution in [0.5, 0.6) is 5.75 Å². The van der Waals surface area contributed by atoms with Crippen molar-refractivity contribution in [1.82, 2.24) is 9.78 Å². The van der Waals surface area contributed by atoms with Gasteiger partial charge in [0.2, 0.25) is 0 Å². The van der Waals surface area contributed by atoms with Gasteiger partial charge in [-0.25, -0.2) is 0 Å². The molecule has 0 amide bonds. The van der Waals surface area contributed by atoms with Crippen molar-refractivity contribution in [3.8, 4) is 5.75 Å². The van der Waals surface area contributed by atoms with Gasteiger partial charge >= 0.3 is 0 Å². The molecular formula is C13H15Cl2N3O. The number of halogens is 2.